The van der Waals surface area contributed by atoms with Crippen LogP contribution in [0.25, 0.3) is 0 Å². The first-order valence-electron chi connectivity index (χ1n) is 6.67. The maximum Gasteiger partial charge on any atom is 0.433 e. The predicted octanol–water partition coefficient (Wildman–Crippen LogP) is 4.34. The van der Waals surface area contributed by atoms with Gasteiger partial charge in [0.15, 0.2) is 0 Å². The Labute approximate surface area is 111 Å². The SMILES string of the molecule is CC1CCCC(Nc2ccc(C(F)(F)F)nc2)C1C. The first-order chi connectivity index (χ1) is 8.88. The third-order valence-electron chi connectivity index (χ3n) is 4.11. The quantitative estimate of drug-likeness (QED) is 0.866. The fourth-order valence-electron chi connectivity index (χ4n) is 2.65. The van der Waals surface area contributed by atoms with Gasteiger partial charge in [-0.2, -0.15) is 13.2 Å². The lowest BCUT2D eigenvalue weighted by Gasteiger charge is -2.35. The molecule has 1 fully saturated rings. The monoisotopic (exact) mass is 272 g/mol. The molecule has 3 unspecified atom stereocenters. The van der Waals surface area contributed by atoms with Crippen molar-refractivity contribution in [3.63, 3.8) is 0 Å². The molecule has 3 atom stereocenters. The maximum atomic E-state index is 12.4. The molecule has 1 aliphatic carbocycles. The number of alkyl halides is 3. The highest BCUT2D eigenvalue weighted by Gasteiger charge is 2.32. The smallest absolute Gasteiger partial charge is 0.381 e. The average Bonchev–Trinajstić information content (AvgIpc) is 2.35. The van der Waals surface area contributed by atoms with Gasteiger partial charge in [-0.15, -0.1) is 0 Å². The Balaban J connectivity index is 2.03. The summed E-state index contributed by atoms with van der Waals surface area (Å²) in [5.74, 6) is 1.17. The Bertz CT molecular complexity index is 414. The second-order valence-corrected chi connectivity index (χ2v) is 5.45. The van der Waals surface area contributed by atoms with E-state index < -0.39 is 11.9 Å². The molecule has 0 bridgehead atoms. The summed E-state index contributed by atoms with van der Waals surface area (Å²) in [6.07, 6.45) is 0.356. The third kappa shape index (κ3) is 3.39. The largest absolute Gasteiger partial charge is 0.433 e. The first-order valence-corrected chi connectivity index (χ1v) is 6.67. The highest BCUT2D eigenvalue weighted by molar-refractivity contribution is 5.42. The molecule has 106 valence electrons. The van der Waals surface area contributed by atoms with Crippen LogP contribution in [0.4, 0.5) is 18.9 Å². The van der Waals surface area contributed by atoms with Gasteiger partial charge >= 0.3 is 6.18 Å². The van der Waals surface area contributed by atoms with Crippen LogP contribution < -0.4 is 5.32 Å². The van der Waals surface area contributed by atoms with Gasteiger partial charge in [0, 0.05) is 6.04 Å². The van der Waals surface area contributed by atoms with Gasteiger partial charge in [-0.05, 0) is 30.4 Å². The number of halogens is 3. The molecule has 5 heteroatoms. The molecule has 0 aromatic carbocycles. The number of hydrogen-bond donors (Lipinski definition) is 1. The van der Waals surface area contributed by atoms with Crippen LogP contribution in [-0.4, -0.2) is 11.0 Å². The fourth-order valence-corrected chi connectivity index (χ4v) is 2.65. The Morgan fingerprint density at radius 3 is 2.53 bits per heavy atom. The molecule has 1 aromatic rings. The Hall–Kier alpha value is -1.26. The highest BCUT2D eigenvalue weighted by atomic mass is 19.4. The van der Waals surface area contributed by atoms with E-state index in [1.54, 1.807) is 0 Å². The van der Waals surface area contributed by atoms with E-state index in [9.17, 15) is 13.2 Å². The van der Waals surface area contributed by atoms with Crippen LogP contribution in [0.15, 0.2) is 18.3 Å². The first kappa shape index (κ1) is 14.2. The van der Waals surface area contributed by atoms with Gasteiger partial charge < -0.3 is 5.32 Å². The maximum absolute atomic E-state index is 12.4. The van der Waals surface area contributed by atoms with Crippen LogP contribution in [0.3, 0.4) is 0 Å². The summed E-state index contributed by atoms with van der Waals surface area (Å²) < 4.78 is 37.2. The van der Waals surface area contributed by atoms with E-state index >= 15 is 0 Å². The van der Waals surface area contributed by atoms with E-state index in [-0.39, 0.29) is 0 Å². The number of anilines is 1. The van der Waals surface area contributed by atoms with Crippen molar-refractivity contribution < 1.29 is 13.2 Å². The number of rotatable bonds is 2. The van der Waals surface area contributed by atoms with Crippen molar-refractivity contribution in [2.45, 2.75) is 45.3 Å². The van der Waals surface area contributed by atoms with Crippen LogP contribution in [0.2, 0.25) is 0 Å². The van der Waals surface area contributed by atoms with Crippen LogP contribution in [0.1, 0.15) is 38.8 Å². The van der Waals surface area contributed by atoms with Gasteiger partial charge in [-0.3, -0.25) is 0 Å². The van der Waals surface area contributed by atoms with Gasteiger partial charge in [0.25, 0.3) is 0 Å². The lowest BCUT2D eigenvalue weighted by molar-refractivity contribution is -0.141. The van der Waals surface area contributed by atoms with Crippen molar-refractivity contribution in [3.05, 3.63) is 24.0 Å². The molecule has 1 aromatic heterocycles. The third-order valence-corrected chi connectivity index (χ3v) is 4.11. The Morgan fingerprint density at radius 1 is 1.21 bits per heavy atom. The number of nitrogens with zero attached hydrogens (tertiary/aromatic N) is 1. The zero-order chi connectivity index (χ0) is 14.0. The second-order valence-electron chi connectivity index (χ2n) is 5.45. The Kier molecular flexibility index (Phi) is 4.02. The van der Waals surface area contributed by atoms with E-state index in [1.165, 1.54) is 18.7 Å². The molecule has 0 aliphatic heterocycles. The van der Waals surface area contributed by atoms with E-state index in [1.807, 2.05) is 0 Å². The molecule has 1 saturated carbocycles. The summed E-state index contributed by atoms with van der Waals surface area (Å²) >= 11 is 0. The molecule has 1 heterocycles. The average molecular weight is 272 g/mol. The molecule has 1 aliphatic rings. The summed E-state index contributed by atoms with van der Waals surface area (Å²) in [4.78, 5) is 3.47. The molecule has 0 amide bonds. The van der Waals surface area contributed by atoms with Crippen molar-refractivity contribution in [2.75, 3.05) is 5.32 Å². The molecule has 0 radical (unpaired) electrons. The highest BCUT2D eigenvalue weighted by Crippen LogP contribution is 2.32. The summed E-state index contributed by atoms with van der Waals surface area (Å²) in [6.45, 7) is 4.42. The van der Waals surface area contributed by atoms with Gasteiger partial charge in [0.2, 0.25) is 0 Å². The van der Waals surface area contributed by atoms with E-state index in [0.29, 0.717) is 23.6 Å². The zero-order valence-corrected chi connectivity index (χ0v) is 11.2. The van der Waals surface area contributed by atoms with Crippen molar-refractivity contribution in [3.8, 4) is 0 Å². The van der Waals surface area contributed by atoms with Gasteiger partial charge in [0.1, 0.15) is 5.69 Å². The molecular formula is C14H19F3N2. The number of pyridine rings is 1. The van der Waals surface area contributed by atoms with Crippen molar-refractivity contribution in [1.29, 1.82) is 0 Å². The molecule has 0 saturated heterocycles. The number of aromatic nitrogens is 1. The summed E-state index contributed by atoms with van der Waals surface area (Å²) in [7, 11) is 0. The fraction of sp³-hybridized carbons (Fsp3) is 0.643. The van der Waals surface area contributed by atoms with E-state index in [4.69, 9.17) is 0 Å². The van der Waals surface area contributed by atoms with Crippen molar-refractivity contribution >= 4 is 5.69 Å². The Morgan fingerprint density at radius 2 is 1.95 bits per heavy atom. The number of hydrogen-bond acceptors (Lipinski definition) is 2. The molecule has 2 rings (SSSR count). The minimum absolute atomic E-state index is 0.322. The lowest BCUT2D eigenvalue weighted by atomic mass is 9.78. The second kappa shape index (κ2) is 5.39. The number of nitrogens with one attached hydrogen (secondary N) is 1. The minimum Gasteiger partial charge on any atom is -0.381 e. The zero-order valence-electron chi connectivity index (χ0n) is 11.2. The molecule has 19 heavy (non-hydrogen) atoms. The predicted molar refractivity (Wildman–Crippen MR) is 68.8 cm³/mol. The van der Waals surface area contributed by atoms with Crippen molar-refractivity contribution in [2.24, 2.45) is 11.8 Å². The van der Waals surface area contributed by atoms with E-state index in [2.05, 4.69) is 24.1 Å². The standard InChI is InChI=1S/C14H19F3N2/c1-9-4-3-5-12(10(9)2)19-11-6-7-13(18-8-11)14(15,16)17/h6-10,12,19H,3-5H2,1-2H3. The molecule has 0 spiro atoms. The van der Waals surface area contributed by atoms with Crippen LogP contribution >= 0.6 is 0 Å². The van der Waals surface area contributed by atoms with Crippen molar-refractivity contribution in [1.82, 2.24) is 4.98 Å². The normalized spacial score (nSPS) is 28.2. The van der Waals surface area contributed by atoms with Gasteiger partial charge in [-0.1, -0.05) is 26.7 Å². The van der Waals surface area contributed by atoms with E-state index in [0.717, 1.165) is 18.9 Å². The topological polar surface area (TPSA) is 24.9 Å². The molecule has 1 N–H and O–H groups in total. The van der Waals surface area contributed by atoms with Crippen LogP contribution in [-0.2, 0) is 6.18 Å². The molecular weight excluding hydrogens is 253 g/mol. The lowest BCUT2D eigenvalue weighted by Crippen LogP contribution is -2.35. The van der Waals surface area contributed by atoms with Crippen LogP contribution in [0, 0.1) is 11.8 Å². The summed E-state index contributed by atoms with van der Waals surface area (Å²) in [5, 5.41) is 3.31. The summed E-state index contributed by atoms with van der Waals surface area (Å²) in [6, 6.07) is 2.81. The van der Waals surface area contributed by atoms with Crippen LogP contribution in [0.5, 0.6) is 0 Å². The van der Waals surface area contributed by atoms with Gasteiger partial charge in [-0.25, -0.2) is 4.98 Å². The molecule has 2 nitrogen and oxygen atoms in total. The minimum atomic E-state index is -4.37. The summed E-state index contributed by atoms with van der Waals surface area (Å²) in [5.41, 5.74) is -0.179. The van der Waals surface area contributed by atoms with Gasteiger partial charge in [0.05, 0.1) is 11.9 Å².